The number of anilines is 1. The Hall–Kier alpha value is -1.79. The SMILES string of the molecule is O=C(CN1C(=O)CN(C2CC2)C1=O)Nc1ccc(Cl)c(Cl)c1. The lowest BCUT2D eigenvalue weighted by atomic mass is 10.3. The summed E-state index contributed by atoms with van der Waals surface area (Å²) in [7, 11) is 0. The molecule has 2 aliphatic rings. The lowest BCUT2D eigenvalue weighted by molar-refractivity contribution is -0.129. The average Bonchev–Trinajstić information content (AvgIpc) is 3.26. The first kappa shape index (κ1) is 15.1. The molecule has 3 rings (SSSR count). The molecular formula is C14H13Cl2N3O3. The molecule has 0 spiro atoms. The highest BCUT2D eigenvalue weighted by Crippen LogP contribution is 2.30. The fraction of sp³-hybridized carbons (Fsp3) is 0.357. The third kappa shape index (κ3) is 3.03. The second-order valence-corrected chi connectivity index (χ2v) is 6.11. The normalized spacial score (nSPS) is 18.1. The van der Waals surface area contributed by atoms with Crippen molar-refractivity contribution in [2.24, 2.45) is 0 Å². The van der Waals surface area contributed by atoms with Crippen LogP contribution >= 0.6 is 23.2 Å². The van der Waals surface area contributed by atoms with Crippen LogP contribution in [0.15, 0.2) is 18.2 Å². The smallest absolute Gasteiger partial charge is 0.324 e. The number of hydrogen-bond donors (Lipinski definition) is 1. The first-order valence-corrected chi connectivity index (χ1v) is 7.57. The van der Waals surface area contributed by atoms with Crippen molar-refractivity contribution in [3.8, 4) is 0 Å². The molecule has 0 radical (unpaired) electrons. The van der Waals surface area contributed by atoms with Crippen molar-refractivity contribution in [2.75, 3.05) is 18.4 Å². The average molecular weight is 342 g/mol. The van der Waals surface area contributed by atoms with E-state index in [4.69, 9.17) is 23.2 Å². The molecule has 0 unspecified atom stereocenters. The van der Waals surface area contributed by atoms with Gasteiger partial charge in [-0.15, -0.1) is 0 Å². The quantitative estimate of drug-likeness (QED) is 0.854. The van der Waals surface area contributed by atoms with Gasteiger partial charge in [0.1, 0.15) is 13.1 Å². The molecule has 0 atom stereocenters. The summed E-state index contributed by atoms with van der Waals surface area (Å²) in [6, 6.07) is 4.42. The summed E-state index contributed by atoms with van der Waals surface area (Å²) in [5.74, 6) is -0.807. The minimum atomic E-state index is -0.460. The third-order valence-corrected chi connectivity index (χ3v) is 4.32. The standard InChI is InChI=1S/C14H13Cl2N3O3/c15-10-4-1-8(5-11(10)16)17-12(20)6-19-13(21)7-18(14(19)22)9-2-3-9/h1,4-5,9H,2-3,6-7H2,(H,17,20). The molecule has 1 saturated carbocycles. The minimum Gasteiger partial charge on any atom is -0.324 e. The van der Waals surface area contributed by atoms with Crippen molar-refractivity contribution in [2.45, 2.75) is 18.9 Å². The Morgan fingerprint density at radius 3 is 2.59 bits per heavy atom. The Labute approximate surface area is 136 Å². The van der Waals surface area contributed by atoms with E-state index in [1.54, 1.807) is 12.1 Å². The largest absolute Gasteiger partial charge is 0.327 e. The van der Waals surface area contributed by atoms with Crippen molar-refractivity contribution in [3.63, 3.8) is 0 Å². The molecule has 0 aromatic heterocycles. The number of imide groups is 1. The second-order valence-electron chi connectivity index (χ2n) is 5.30. The Morgan fingerprint density at radius 2 is 1.95 bits per heavy atom. The zero-order valence-electron chi connectivity index (χ0n) is 11.5. The van der Waals surface area contributed by atoms with Gasteiger partial charge >= 0.3 is 6.03 Å². The maximum Gasteiger partial charge on any atom is 0.327 e. The van der Waals surface area contributed by atoms with E-state index in [2.05, 4.69) is 5.32 Å². The molecule has 2 fully saturated rings. The summed E-state index contributed by atoms with van der Waals surface area (Å²) in [6.45, 7) is -0.245. The molecule has 1 saturated heterocycles. The van der Waals surface area contributed by atoms with Crippen molar-refractivity contribution in [1.82, 2.24) is 9.80 Å². The zero-order chi connectivity index (χ0) is 15.9. The van der Waals surface area contributed by atoms with Gasteiger partial charge in [-0.25, -0.2) is 4.79 Å². The number of benzene rings is 1. The number of hydrogen-bond acceptors (Lipinski definition) is 3. The Morgan fingerprint density at radius 1 is 1.23 bits per heavy atom. The van der Waals surface area contributed by atoms with Gasteiger partial charge in [-0.2, -0.15) is 0 Å². The Kier molecular flexibility index (Phi) is 3.97. The third-order valence-electron chi connectivity index (χ3n) is 3.58. The van der Waals surface area contributed by atoms with Crippen LogP contribution in [0.2, 0.25) is 10.0 Å². The van der Waals surface area contributed by atoms with Crippen LogP contribution in [0.25, 0.3) is 0 Å². The van der Waals surface area contributed by atoms with Gasteiger partial charge in [-0.05, 0) is 31.0 Å². The van der Waals surface area contributed by atoms with Gasteiger partial charge in [0.2, 0.25) is 5.91 Å². The number of nitrogens with one attached hydrogen (secondary N) is 1. The molecule has 1 aromatic carbocycles. The maximum atomic E-state index is 12.1. The summed E-state index contributed by atoms with van der Waals surface area (Å²) in [5.41, 5.74) is 0.456. The van der Waals surface area contributed by atoms with Gasteiger partial charge in [-0.1, -0.05) is 23.2 Å². The first-order valence-electron chi connectivity index (χ1n) is 6.81. The second kappa shape index (κ2) is 5.78. The van der Waals surface area contributed by atoms with Gasteiger partial charge in [0, 0.05) is 11.7 Å². The molecule has 1 N–H and O–H groups in total. The van der Waals surface area contributed by atoms with Crippen molar-refractivity contribution in [1.29, 1.82) is 0 Å². The van der Waals surface area contributed by atoms with Gasteiger partial charge < -0.3 is 10.2 Å². The number of amides is 4. The molecule has 116 valence electrons. The van der Waals surface area contributed by atoms with Crippen LogP contribution in [0.5, 0.6) is 0 Å². The fourth-order valence-corrected chi connectivity index (χ4v) is 2.60. The maximum absolute atomic E-state index is 12.1. The number of carbonyl (C=O) groups excluding carboxylic acids is 3. The molecule has 4 amide bonds. The van der Waals surface area contributed by atoms with E-state index in [0.29, 0.717) is 15.7 Å². The van der Waals surface area contributed by atoms with Crippen LogP contribution in [0.1, 0.15) is 12.8 Å². The van der Waals surface area contributed by atoms with Crippen molar-refractivity contribution < 1.29 is 14.4 Å². The van der Waals surface area contributed by atoms with Crippen LogP contribution in [-0.2, 0) is 9.59 Å². The highest BCUT2D eigenvalue weighted by molar-refractivity contribution is 6.42. The molecule has 1 heterocycles. The highest BCUT2D eigenvalue weighted by Gasteiger charge is 2.44. The van der Waals surface area contributed by atoms with Crippen LogP contribution in [-0.4, -0.2) is 46.8 Å². The molecular weight excluding hydrogens is 329 g/mol. The number of nitrogens with zero attached hydrogens (tertiary/aromatic N) is 2. The first-order chi connectivity index (χ1) is 10.5. The van der Waals surface area contributed by atoms with Gasteiger partial charge in [0.15, 0.2) is 0 Å². The Bertz CT molecular complexity index is 661. The van der Waals surface area contributed by atoms with Crippen molar-refractivity contribution in [3.05, 3.63) is 28.2 Å². The highest BCUT2D eigenvalue weighted by atomic mass is 35.5. The summed E-state index contributed by atoms with van der Waals surface area (Å²) >= 11 is 11.7. The number of halogens is 2. The van der Waals surface area contributed by atoms with Crippen LogP contribution in [0.3, 0.4) is 0 Å². The van der Waals surface area contributed by atoms with E-state index in [1.807, 2.05) is 0 Å². The summed E-state index contributed by atoms with van der Waals surface area (Å²) in [4.78, 5) is 38.5. The molecule has 22 heavy (non-hydrogen) atoms. The molecule has 1 aliphatic heterocycles. The Balaban J connectivity index is 1.62. The van der Waals surface area contributed by atoms with Crippen LogP contribution in [0, 0.1) is 0 Å². The minimum absolute atomic E-state index is 0.0591. The number of carbonyl (C=O) groups is 3. The monoisotopic (exact) mass is 341 g/mol. The van der Waals surface area contributed by atoms with E-state index in [0.717, 1.165) is 17.7 Å². The van der Waals surface area contributed by atoms with Gasteiger partial charge in [0.25, 0.3) is 5.91 Å². The van der Waals surface area contributed by atoms with Gasteiger partial charge in [-0.3, -0.25) is 14.5 Å². The van der Waals surface area contributed by atoms with E-state index in [9.17, 15) is 14.4 Å². The molecule has 1 aromatic rings. The van der Waals surface area contributed by atoms with Crippen LogP contribution < -0.4 is 5.32 Å². The summed E-state index contributed by atoms with van der Waals surface area (Å²) in [5, 5.41) is 3.28. The topological polar surface area (TPSA) is 69.7 Å². The lowest BCUT2D eigenvalue weighted by Gasteiger charge is -2.16. The number of urea groups is 1. The predicted octanol–water partition coefficient (Wildman–Crippen LogP) is 2.36. The molecule has 6 nitrogen and oxygen atoms in total. The van der Waals surface area contributed by atoms with E-state index in [1.165, 1.54) is 11.0 Å². The van der Waals surface area contributed by atoms with Gasteiger partial charge in [0.05, 0.1) is 10.0 Å². The lowest BCUT2D eigenvalue weighted by Crippen LogP contribution is -2.39. The zero-order valence-corrected chi connectivity index (χ0v) is 13.0. The summed E-state index contributed by atoms with van der Waals surface area (Å²) < 4.78 is 0. The fourth-order valence-electron chi connectivity index (χ4n) is 2.31. The molecule has 1 aliphatic carbocycles. The van der Waals surface area contributed by atoms with Crippen LogP contribution in [0.4, 0.5) is 10.5 Å². The van der Waals surface area contributed by atoms with E-state index < -0.39 is 11.9 Å². The van der Waals surface area contributed by atoms with E-state index in [-0.39, 0.29) is 25.0 Å². The molecule has 0 bridgehead atoms. The predicted molar refractivity (Wildman–Crippen MR) is 81.9 cm³/mol. The van der Waals surface area contributed by atoms with E-state index >= 15 is 0 Å². The number of rotatable bonds is 4. The van der Waals surface area contributed by atoms with Crippen molar-refractivity contribution >= 4 is 46.7 Å². The summed E-state index contributed by atoms with van der Waals surface area (Å²) in [6.07, 6.45) is 1.84. The molecule has 8 heteroatoms.